The van der Waals surface area contributed by atoms with Crippen LogP contribution in [0.5, 0.6) is 0 Å². The molecular formula is C15H22NO3+. The number of ether oxygens (including phenoxy) is 1. The van der Waals surface area contributed by atoms with Crippen LogP contribution >= 0.6 is 0 Å². The summed E-state index contributed by atoms with van der Waals surface area (Å²) in [5.74, 6) is -0.507. The second-order valence-electron chi connectivity index (χ2n) is 5.25. The van der Waals surface area contributed by atoms with Crippen molar-refractivity contribution in [1.82, 2.24) is 0 Å². The number of carbonyl (C=O) groups is 1. The van der Waals surface area contributed by atoms with Gasteiger partial charge in [-0.25, -0.2) is 4.79 Å². The molecule has 0 saturated carbocycles. The van der Waals surface area contributed by atoms with Gasteiger partial charge < -0.3 is 14.3 Å². The van der Waals surface area contributed by atoms with E-state index < -0.39 is 12.1 Å². The summed E-state index contributed by atoms with van der Waals surface area (Å²) in [6, 6.07) is 10.1. The van der Waals surface area contributed by atoms with E-state index in [0.717, 1.165) is 12.6 Å². The molecule has 19 heavy (non-hydrogen) atoms. The quantitative estimate of drug-likeness (QED) is 0.459. The first-order chi connectivity index (χ1) is 8.93. The summed E-state index contributed by atoms with van der Waals surface area (Å²) in [6.07, 6.45) is 0.416. The highest BCUT2D eigenvalue weighted by Gasteiger charge is 2.21. The number of esters is 1. The Morgan fingerprint density at radius 3 is 2.63 bits per heavy atom. The maximum absolute atomic E-state index is 10.9. The van der Waals surface area contributed by atoms with Crippen molar-refractivity contribution >= 4 is 5.97 Å². The summed E-state index contributed by atoms with van der Waals surface area (Å²) >= 11 is 0. The maximum Gasteiger partial charge on any atom is 0.330 e. The molecule has 0 saturated heterocycles. The van der Waals surface area contributed by atoms with E-state index in [-0.39, 0.29) is 6.61 Å². The Morgan fingerprint density at radius 2 is 2.05 bits per heavy atom. The van der Waals surface area contributed by atoms with Crippen LogP contribution in [0.25, 0.3) is 0 Å². The number of aliphatic hydroxyl groups is 1. The van der Waals surface area contributed by atoms with Crippen LogP contribution in [0.4, 0.5) is 0 Å². The van der Waals surface area contributed by atoms with E-state index in [9.17, 15) is 9.90 Å². The van der Waals surface area contributed by atoms with Crippen molar-refractivity contribution in [2.75, 3.05) is 27.2 Å². The topological polar surface area (TPSA) is 46.5 Å². The van der Waals surface area contributed by atoms with Crippen molar-refractivity contribution in [2.24, 2.45) is 0 Å². The minimum atomic E-state index is -0.678. The van der Waals surface area contributed by atoms with Gasteiger partial charge in [0.25, 0.3) is 0 Å². The second kappa shape index (κ2) is 7.07. The molecule has 1 rings (SSSR count). The third-order valence-corrected chi connectivity index (χ3v) is 2.74. The average molecular weight is 264 g/mol. The molecule has 0 radical (unpaired) electrons. The Labute approximate surface area is 114 Å². The van der Waals surface area contributed by atoms with Gasteiger partial charge in [0, 0.05) is 11.6 Å². The molecule has 0 spiro atoms. The molecule has 0 amide bonds. The van der Waals surface area contributed by atoms with Gasteiger partial charge in [0.05, 0.1) is 14.1 Å². The lowest BCUT2D eigenvalue weighted by molar-refractivity contribution is -0.906. The van der Waals surface area contributed by atoms with Crippen LogP contribution in [0.15, 0.2) is 43.0 Å². The number of carbonyl (C=O) groups excluding carboxylic acids is 1. The van der Waals surface area contributed by atoms with Gasteiger partial charge in [0.1, 0.15) is 25.8 Å². The van der Waals surface area contributed by atoms with Crippen molar-refractivity contribution in [3.63, 3.8) is 0 Å². The normalized spacial score (nSPS) is 12.8. The molecule has 1 N–H and O–H groups in total. The number of rotatable bonds is 7. The summed E-state index contributed by atoms with van der Waals surface area (Å²) in [5.41, 5.74) is 1.21. The lowest BCUT2D eigenvalue weighted by Gasteiger charge is -2.31. The van der Waals surface area contributed by atoms with E-state index in [4.69, 9.17) is 4.74 Å². The zero-order chi connectivity index (χ0) is 14.3. The van der Waals surface area contributed by atoms with Crippen LogP contribution in [0.2, 0.25) is 0 Å². The first-order valence-electron chi connectivity index (χ1n) is 6.26. The summed E-state index contributed by atoms with van der Waals surface area (Å²) in [7, 11) is 4.07. The number of nitrogens with zero attached hydrogens (tertiary/aromatic N) is 1. The molecule has 0 fully saturated rings. The minimum absolute atomic E-state index is 0.00131. The number of hydrogen-bond donors (Lipinski definition) is 1. The van der Waals surface area contributed by atoms with Gasteiger partial charge in [-0.2, -0.15) is 0 Å². The molecule has 0 aliphatic rings. The van der Waals surface area contributed by atoms with Crippen molar-refractivity contribution in [1.29, 1.82) is 0 Å². The minimum Gasteiger partial charge on any atom is -0.460 e. The summed E-state index contributed by atoms with van der Waals surface area (Å²) in [6.45, 7) is 4.64. The highest BCUT2D eigenvalue weighted by molar-refractivity contribution is 5.81. The fraction of sp³-hybridized carbons (Fsp3) is 0.400. The number of likely N-dealkylation sites (N-methyl/N-ethyl adjacent to an activating group) is 1. The molecule has 104 valence electrons. The van der Waals surface area contributed by atoms with Gasteiger partial charge in [-0.05, 0) is 0 Å². The summed E-state index contributed by atoms with van der Waals surface area (Å²) in [5, 5.41) is 9.88. The number of benzene rings is 1. The molecule has 0 aliphatic carbocycles. The Hall–Kier alpha value is -1.65. The second-order valence-corrected chi connectivity index (χ2v) is 5.25. The zero-order valence-electron chi connectivity index (χ0n) is 11.6. The van der Waals surface area contributed by atoms with Crippen molar-refractivity contribution in [2.45, 2.75) is 12.6 Å². The van der Waals surface area contributed by atoms with E-state index in [1.165, 1.54) is 5.56 Å². The predicted molar refractivity (Wildman–Crippen MR) is 74.3 cm³/mol. The van der Waals surface area contributed by atoms with Gasteiger partial charge in [0.2, 0.25) is 0 Å². The SMILES string of the molecule is C=CC(=O)OCC(O)C[N+](C)(C)Cc1ccccc1. The zero-order valence-corrected chi connectivity index (χ0v) is 11.6. The van der Waals surface area contributed by atoms with E-state index >= 15 is 0 Å². The van der Waals surface area contributed by atoms with E-state index in [1.807, 2.05) is 32.3 Å². The predicted octanol–water partition coefficient (Wildman–Crippen LogP) is 1.35. The number of aliphatic hydroxyl groups excluding tert-OH is 1. The average Bonchev–Trinajstić information content (AvgIpc) is 2.36. The van der Waals surface area contributed by atoms with Crippen molar-refractivity contribution in [3.8, 4) is 0 Å². The third kappa shape index (κ3) is 6.18. The lowest BCUT2D eigenvalue weighted by Crippen LogP contribution is -2.46. The number of hydrogen-bond acceptors (Lipinski definition) is 3. The first-order valence-corrected chi connectivity index (χ1v) is 6.26. The van der Waals surface area contributed by atoms with Crippen LogP contribution in [-0.2, 0) is 16.1 Å². The van der Waals surface area contributed by atoms with E-state index in [2.05, 4.69) is 18.7 Å². The molecule has 0 bridgehead atoms. The van der Waals surface area contributed by atoms with E-state index in [1.54, 1.807) is 0 Å². The summed E-state index contributed by atoms with van der Waals surface area (Å²) < 4.78 is 5.45. The molecule has 4 heteroatoms. The van der Waals surface area contributed by atoms with Gasteiger partial charge in [0.15, 0.2) is 0 Å². The van der Waals surface area contributed by atoms with Crippen molar-refractivity contribution in [3.05, 3.63) is 48.6 Å². The summed E-state index contributed by atoms with van der Waals surface area (Å²) in [4.78, 5) is 10.9. The molecule has 1 aromatic rings. The lowest BCUT2D eigenvalue weighted by atomic mass is 10.2. The number of quaternary nitrogens is 1. The molecule has 1 atom stereocenters. The fourth-order valence-corrected chi connectivity index (χ4v) is 2.00. The maximum atomic E-state index is 10.9. The van der Waals surface area contributed by atoms with E-state index in [0.29, 0.717) is 11.0 Å². The highest BCUT2D eigenvalue weighted by Crippen LogP contribution is 2.10. The Bertz CT molecular complexity index is 415. The van der Waals surface area contributed by atoms with Crippen LogP contribution in [-0.4, -0.2) is 48.9 Å². The Morgan fingerprint density at radius 1 is 1.42 bits per heavy atom. The molecule has 0 aromatic heterocycles. The highest BCUT2D eigenvalue weighted by atomic mass is 16.5. The Kier molecular flexibility index (Phi) is 5.73. The largest absolute Gasteiger partial charge is 0.460 e. The van der Waals surface area contributed by atoms with Crippen LogP contribution in [0, 0.1) is 0 Å². The third-order valence-electron chi connectivity index (χ3n) is 2.74. The van der Waals surface area contributed by atoms with Crippen LogP contribution in [0.1, 0.15) is 5.56 Å². The van der Waals surface area contributed by atoms with Gasteiger partial charge in [-0.1, -0.05) is 36.9 Å². The first kappa shape index (κ1) is 15.4. The van der Waals surface area contributed by atoms with Gasteiger partial charge in [-0.3, -0.25) is 0 Å². The monoisotopic (exact) mass is 264 g/mol. The van der Waals surface area contributed by atoms with Gasteiger partial charge in [-0.15, -0.1) is 0 Å². The molecule has 1 unspecified atom stereocenters. The van der Waals surface area contributed by atoms with Crippen LogP contribution < -0.4 is 0 Å². The fourth-order valence-electron chi connectivity index (χ4n) is 2.00. The molecule has 1 aromatic carbocycles. The molecule has 0 heterocycles. The standard InChI is InChI=1S/C15H22NO3/c1-4-15(18)19-12-14(17)11-16(2,3)10-13-8-6-5-7-9-13/h4-9,14,17H,1,10-12H2,2-3H3/q+1. The molecule has 0 aliphatic heterocycles. The van der Waals surface area contributed by atoms with Gasteiger partial charge >= 0.3 is 5.97 Å². The molecule has 4 nitrogen and oxygen atoms in total. The Balaban J connectivity index is 2.45. The molecular weight excluding hydrogens is 242 g/mol. The van der Waals surface area contributed by atoms with Crippen LogP contribution in [0.3, 0.4) is 0 Å². The smallest absolute Gasteiger partial charge is 0.330 e. The van der Waals surface area contributed by atoms with Crippen molar-refractivity contribution < 1.29 is 19.1 Å².